The van der Waals surface area contributed by atoms with Crippen molar-refractivity contribution >= 4 is 32.1 Å². The smallest absolute Gasteiger partial charge is 0.191 e. The van der Waals surface area contributed by atoms with Gasteiger partial charge in [-0.15, -0.1) is 11.3 Å². The van der Waals surface area contributed by atoms with Crippen LogP contribution in [0.15, 0.2) is 52.8 Å². The van der Waals surface area contributed by atoms with Crippen LogP contribution >= 0.6 is 11.3 Å². The van der Waals surface area contributed by atoms with Crippen LogP contribution in [0.5, 0.6) is 0 Å². The van der Waals surface area contributed by atoms with Crippen LogP contribution < -0.4 is 15.5 Å². The lowest BCUT2D eigenvalue weighted by molar-refractivity contribution is 0.463. The molecule has 30 heavy (non-hydrogen) atoms. The van der Waals surface area contributed by atoms with Gasteiger partial charge in [0.15, 0.2) is 15.8 Å². The van der Waals surface area contributed by atoms with E-state index in [0.717, 1.165) is 44.0 Å². The molecule has 1 saturated heterocycles. The molecule has 1 aromatic heterocycles. The van der Waals surface area contributed by atoms with Crippen LogP contribution in [0.25, 0.3) is 0 Å². The summed E-state index contributed by atoms with van der Waals surface area (Å²) >= 11 is 1.79. The molecule has 2 heterocycles. The van der Waals surface area contributed by atoms with E-state index in [1.54, 1.807) is 11.3 Å². The van der Waals surface area contributed by atoms with Crippen molar-refractivity contribution in [1.82, 2.24) is 10.6 Å². The van der Waals surface area contributed by atoms with Crippen LogP contribution in [0.2, 0.25) is 0 Å². The SMILES string of the molecule is CCNC(=NCCCS(=O)(=O)Cc1ccccc1)NC1CCN(c2cccs2)CC1. The van der Waals surface area contributed by atoms with E-state index < -0.39 is 9.84 Å². The molecule has 3 rings (SSSR count). The van der Waals surface area contributed by atoms with E-state index >= 15 is 0 Å². The second-order valence-electron chi connectivity index (χ2n) is 7.55. The summed E-state index contributed by atoms with van der Waals surface area (Å²) in [6.45, 7) is 5.40. The maximum Gasteiger partial charge on any atom is 0.191 e. The Balaban J connectivity index is 1.43. The van der Waals surface area contributed by atoms with Crippen molar-refractivity contribution < 1.29 is 8.42 Å². The van der Waals surface area contributed by atoms with Gasteiger partial charge in [0.25, 0.3) is 0 Å². The number of benzene rings is 1. The summed E-state index contributed by atoms with van der Waals surface area (Å²) in [6, 6.07) is 14.0. The monoisotopic (exact) mass is 448 g/mol. The second-order valence-corrected chi connectivity index (χ2v) is 10.7. The zero-order valence-corrected chi connectivity index (χ0v) is 19.2. The Bertz CT molecular complexity index is 875. The molecule has 0 saturated carbocycles. The molecule has 0 atom stereocenters. The van der Waals surface area contributed by atoms with Crippen LogP contribution in [0.3, 0.4) is 0 Å². The van der Waals surface area contributed by atoms with Crippen LogP contribution in [0.4, 0.5) is 5.00 Å². The number of thiophene rings is 1. The van der Waals surface area contributed by atoms with Crippen molar-refractivity contribution in [2.24, 2.45) is 4.99 Å². The fraction of sp³-hybridized carbons (Fsp3) is 0.500. The lowest BCUT2D eigenvalue weighted by Crippen LogP contribution is -2.48. The molecular formula is C22H32N4O2S2. The molecule has 1 aromatic carbocycles. The highest BCUT2D eigenvalue weighted by atomic mass is 32.2. The van der Waals surface area contributed by atoms with Gasteiger partial charge in [0.1, 0.15) is 0 Å². The van der Waals surface area contributed by atoms with Crippen molar-refractivity contribution in [3.63, 3.8) is 0 Å². The fourth-order valence-corrected chi connectivity index (χ4v) is 5.78. The molecule has 2 N–H and O–H groups in total. The molecule has 0 amide bonds. The Morgan fingerprint density at radius 1 is 1.17 bits per heavy atom. The first-order chi connectivity index (χ1) is 14.6. The average molecular weight is 449 g/mol. The minimum atomic E-state index is -3.11. The van der Waals surface area contributed by atoms with E-state index in [4.69, 9.17) is 0 Å². The highest BCUT2D eigenvalue weighted by molar-refractivity contribution is 7.90. The van der Waals surface area contributed by atoms with Crippen molar-refractivity contribution in [2.45, 2.75) is 38.0 Å². The number of rotatable bonds is 9. The number of piperidine rings is 1. The number of nitrogens with one attached hydrogen (secondary N) is 2. The summed E-state index contributed by atoms with van der Waals surface area (Å²) in [5.41, 5.74) is 0.838. The third-order valence-electron chi connectivity index (χ3n) is 5.11. The number of guanidine groups is 1. The van der Waals surface area contributed by atoms with Gasteiger partial charge in [-0.05, 0) is 49.3 Å². The molecule has 1 fully saturated rings. The molecule has 1 aliphatic rings. The summed E-state index contributed by atoms with van der Waals surface area (Å²) in [6.07, 6.45) is 2.66. The van der Waals surface area contributed by atoms with Crippen molar-refractivity contribution in [3.05, 3.63) is 53.4 Å². The lowest BCUT2D eigenvalue weighted by atomic mass is 10.1. The molecule has 0 aliphatic carbocycles. The first-order valence-corrected chi connectivity index (χ1v) is 13.3. The standard InChI is InChI=1S/C22H32N4O2S2/c1-2-23-22(25-20-11-14-26(15-12-20)21-10-6-16-29-21)24-13-7-17-30(27,28)18-19-8-4-3-5-9-19/h3-6,8-10,16,20H,2,7,11-15,17-18H2,1H3,(H2,23,24,25). The molecule has 0 unspecified atom stereocenters. The highest BCUT2D eigenvalue weighted by Gasteiger charge is 2.20. The molecule has 2 aromatic rings. The number of hydrogen-bond donors (Lipinski definition) is 2. The van der Waals surface area contributed by atoms with Crippen molar-refractivity contribution in [1.29, 1.82) is 0 Å². The molecule has 8 heteroatoms. The first-order valence-electron chi connectivity index (χ1n) is 10.6. The Morgan fingerprint density at radius 2 is 1.93 bits per heavy atom. The van der Waals surface area contributed by atoms with Crippen molar-refractivity contribution in [3.8, 4) is 0 Å². The number of sulfone groups is 1. The number of aliphatic imine (C=N–C) groups is 1. The van der Waals surface area contributed by atoms with Gasteiger partial charge >= 0.3 is 0 Å². The van der Waals surface area contributed by atoms with Crippen LogP contribution in [0.1, 0.15) is 31.7 Å². The molecule has 0 radical (unpaired) electrons. The third-order valence-corrected chi connectivity index (χ3v) is 7.72. The maximum atomic E-state index is 12.3. The Morgan fingerprint density at radius 3 is 2.60 bits per heavy atom. The number of anilines is 1. The normalized spacial score (nSPS) is 15.9. The topological polar surface area (TPSA) is 73.8 Å². The van der Waals surface area contributed by atoms with Gasteiger partial charge in [-0.2, -0.15) is 0 Å². The Hall–Kier alpha value is -2.06. The van der Waals surface area contributed by atoms with E-state index in [-0.39, 0.29) is 11.5 Å². The third kappa shape index (κ3) is 7.32. The zero-order chi connectivity index (χ0) is 21.2. The van der Waals surface area contributed by atoms with Gasteiger partial charge in [-0.25, -0.2) is 8.42 Å². The largest absolute Gasteiger partial charge is 0.363 e. The zero-order valence-electron chi connectivity index (χ0n) is 17.6. The maximum absolute atomic E-state index is 12.3. The molecule has 0 bridgehead atoms. The number of hydrogen-bond acceptors (Lipinski definition) is 5. The minimum Gasteiger partial charge on any atom is -0.363 e. The summed E-state index contributed by atoms with van der Waals surface area (Å²) in [5, 5.41) is 10.3. The number of nitrogens with zero attached hydrogens (tertiary/aromatic N) is 2. The Labute approximate surface area is 184 Å². The molecule has 164 valence electrons. The van der Waals surface area contributed by atoms with Gasteiger partial charge in [0.05, 0.1) is 16.5 Å². The Kier molecular flexibility index (Phi) is 8.57. The predicted molar refractivity (Wildman–Crippen MR) is 127 cm³/mol. The van der Waals surface area contributed by atoms with Crippen LogP contribution in [-0.2, 0) is 15.6 Å². The first kappa shape index (κ1) is 22.6. The van der Waals surface area contributed by atoms with E-state index in [0.29, 0.717) is 19.0 Å². The highest BCUT2D eigenvalue weighted by Crippen LogP contribution is 2.24. The van der Waals surface area contributed by atoms with Crippen LogP contribution in [0, 0.1) is 0 Å². The minimum absolute atomic E-state index is 0.0959. The average Bonchev–Trinajstić information content (AvgIpc) is 3.27. The van der Waals surface area contributed by atoms with E-state index in [2.05, 4.69) is 38.0 Å². The molecule has 0 spiro atoms. The van der Waals surface area contributed by atoms with Gasteiger partial charge in [-0.3, -0.25) is 4.99 Å². The fourth-order valence-electron chi connectivity index (χ4n) is 3.58. The summed E-state index contributed by atoms with van der Waals surface area (Å²) in [4.78, 5) is 7.04. The predicted octanol–water partition coefficient (Wildman–Crippen LogP) is 3.28. The molecule has 6 nitrogen and oxygen atoms in total. The summed E-state index contributed by atoms with van der Waals surface area (Å²) in [7, 11) is -3.11. The van der Waals surface area contributed by atoms with Gasteiger partial charge < -0.3 is 15.5 Å². The van der Waals surface area contributed by atoms with E-state index in [1.807, 2.05) is 37.3 Å². The quantitative estimate of drug-likeness (QED) is 0.350. The van der Waals surface area contributed by atoms with Crippen molar-refractivity contribution in [2.75, 3.05) is 36.8 Å². The van der Waals surface area contributed by atoms with E-state index in [1.165, 1.54) is 5.00 Å². The molecule has 1 aliphatic heterocycles. The van der Waals surface area contributed by atoms with E-state index in [9.17, 15) is 8.42 Å². The molecular weight excluding hydrogens is 416 g/mol. The lowest BCUT2D eigenvalue weighted by Gasteiger charge is -2.33. The summed E-state index contributed by atoms with van der Waals surface area (Å²) < 4.78 is 24.7. The summed E-state index contributed by atoms with van der Waals surface area (Å²) in [5.74, 6) is 1.04. The van der Waals surface area contributed by atoms with Gasteiger partial charge in [0, 0.05) is 32.2 Å². The van der Waals surface area contributed by atoms with Gasteiger partial charge in [-0.1, -0.05) is 30.3 Å². The van der Waals surface area contributed by atoms with Gasteiger partial charge in [0.2, 0.25) is 0 Å². The second kappa shape index (κ2) is 11.4. The van der Waals surface area contributed by atoms with Crippen LogP contribution in [-0.4, -0.2) is 52.4 Å².